The smallest absolute Gasteiger partial charge is 0.256 e. The van der Waals surface area contributed by atoms with E-state index >= 15 is 0 Å². The lowest BCUT2D eigenvalue weighted by atomic mass is 10.0. The first kappa shape index (κ1) is 24.1. The average molecular weight is 493 g/mol. The van der Waals surface area contributed by atoms with Gasteiger partial charge in [-0.1, -0.05) is 37.3 Å². The quantitative estimate of drug-likeness (QED) is 0.291. The Balaban J connectivity index is 1.54. The number of fused-ring (bicyclic) bond motifs is 1. The van der Waals surface area contributed by atoms with Crippen molar-refractivity contribution < 1.29 is 14.3 Å². The molecule has 37 heavy (non-hydrogen) atoms. The number of nitrogens with zero attached hydrogens (tertiary/aromatic N) is 3. The maximum Gasteiger partial charge on any atom is 0.256 e. The molecule has 0 spiro atoms. The van der Waals surface area contributed by atoms with Gasteiger partial charge in [-0.2, -0.15) is 5.10 Å². The van der Waals surface area contributed by atoms with Crippen molar-refractivity contribution in [1.82, 2.24) is 14.8 Å². The molecule has 0 aliphatic rings. The summed E-state index contributed by atoms with van der Waals surface area (Å²) in [5.41, 5.74) is 6.61. The Morgan fingerprint density at radius 2 is 1.70 bits per heavy atom. The highest BCUT2D eigenvalue weighted by atomic mass is 16.5. The number of aromatic nitrogens is 3. The number of hydrogen-bond donors (Lipinski definition) is 1. The van der Waals surface area contributed by atoms with Gasteiger partial charge in [-0.05, 0) is 55.3 Å². The van der Waals surface area contributed by atoms with Crippen LogP contribution in [-0.2, 0) is 6.42 Å². The minimum atomic E-state index is -0.243. The Labute approximate surface area is 215 Å². The van der Waals surface area contributed by atoms with Crippen LogP contribution in [0.2, 0.25) is 0 Å². The van der Waals surface area contributed by atoms with Gasteiger partial charge < -0.3 is 14.8 Å². The summed E-state index contributed by atoms with van der Waals surface area (Å²) >= 11 is 0. The molecule has 186 valence electrons. The molecule has 0 unspecified atom stereocenters. The van der Waals surface area contributed by atoms with Crippen molar-refractivity contribution in [2.75, 3.05) is 19.5 Å². The molecule has 0 bridgehead atoms. The fraction of sp³-hybridized carbons (Fsp3) is 0.167. The van der Waals surface area contributed by atoms with Gasteiger partial charge in [-0.25, -0.2) is 9.67 Å². The first-order chi connectivity index (χ1) is 18.0. The molecule has 1 N–H and O–H groups in total. The number of nitrogens with one attached hydrogen (secondary N) is 1. The van der Waals surface area contributed by atoms with E-state index in [4.69, 9.17) is 14.5 Å². The zero-order valence-electron chi connectivity index (χ0n) is 21.3. The zero-order valence-corrected chi connectivity index (χ0v) is 21.3. The lowest BCUT2D eigenvalue weighted by Crippen LogP contribution is -2.13. The first-order valence-electron chi connectivity index (χ1n) is 12.1. The van der Waals surface area contributed by atoms with E-state index in [1.165, 1.54) is 5.56 Å². The molecule has 5 rings (SSSR count). The molecular formula is C30H28N4O3. The average Bonchev–Trinajstić information content (AvgIpc) is 3.33. The predicted molar refractivity (Wildman–Crippen MR) is 146 cm³/mol. The Bertz CT molecular complexity index is 1590. The summed E-state index contributed by atoms with van der Waals surface area (Å²) in [5.74, 6) is 0.886. The van der Waals surface area contributed by atoms with Crippen LogP contribution < -0.4 is 14.8 Å². The zero-order chi connectivity index (χ0) is 25.9. The summed E-state index contributed by atoms with van der Waals surface area (Å²) in [4.78, 5) is 18.4. The molecule has 1 amide bonds. The van der Waals surface area contributed by atoms with Crippen molar-refractivity contribution in [3.63, 3.8) is 0 Å². The summed E-state index contributed by atoms with van der Waals surface area (Å²) in [7, 11) is 3.14. The van der Waals surface area contributed by atoms with Crippen LogP contribution in [0.5, 0.6) is 11.5 Å². The number of amides is 1. The number of rotatable bonds is 7. The second-order valence-electron chi connectivity index (χ2n) is 8.67. The standard InChI is InChI=1S/C30H28N4O3/c1-5-20-10-13-22(14-11-20)34-19(2)25(18-31-34)27-17-24(23-8-6-7-9-26(23)33-27)30(35)32-21-12-15-28(36-3)29(16-21)37-4/h6-18H,5H2,1-4H3,(H,32,35). The minimum Gasteiger partial charge on any atom is -0.493 e. The largest absolute Gasteiger partial charge is 0.493 e. The second-order valence-corrected chi connectivity index (χ2v) is 8.67. The van der Waals surface area contributed by atoms with Crippen molar-refractivity contribution in [3.05, 3.63) is 95.8 Å². The second kappa shape index (κ2) is 10.1. The van der Waals surface area contributed by atoms with Crippen molar-refractivity contribution in [1.29, 1.82) is 0 Å². The summed E-state index contributed by atoms with van der Waals surface area (Å²) in [6, 6.07) is 23.1. The fourth-order valence-electron chi connectivity index (χ4n) is 4.41. The van der Waals surface area contributed by atoms with E-state index in [1.54, 1.807) is 38.6 Å². The number of anilines is 1. The van der Waals surface area contributed by atoms with E-state index in [1.807, 2.05) is 41.9 Å². The molecule has 0 saturated carbocycles. The molecular weight excluding hydrogens is 464 g/mol. The summed E-state index contributed by atoms with van der Waals surface area (Å²) < 4.78 is 12.6. The Morgan fingerprint density at radius 1 is 0.946 bits per heavy atom. The van der Waals surface area contributed by atoms with E-state index in [9.17, 15) is 4.79 Å². The Kier molecular flexibility index (Phi) is 6.60. The SMILES string of the molecule is CCc1ccc(-n2ncc(-c3cc(C(=O)Nc4ccc(OC)c(OC)c4)c4ccccc4n3)c2C)cc1. The van der Waals surface area contributed by atoms with Crippen LogP contribution >= 0.6 is 0 Å². The molecule has 7 nitrogen and oxygen atoms in total. The number of pyridine rings is 1. The van der Waals surface area contributed by atoms with Crippen LogP contribution in [0.25, 0.3) is 27.8 Å². The number of carbonyl (C=O) groups excluding carboxylic acids is 1. The fourth-order valence-corrected chi connectivity index (χ4v) is 4.41. The van der Waals surface area contributed by atoms with Gasteiger partial charge in [0.05, 0.1) is 48.6 Å². The van der Waals surface area contributed by atoms with Crippen LogP contribution in [0.3, 0.4) is 0 Å². The Morgan fingerprint density at radius 3 is 2.43 bits per heavy atom. The van der Waals surface area contributed by atoms with Crippen molar-refractivity contribution in [3.8, 4) is 28.4 Å². The van der Waals surface area contributed by atoms with E-state index in [-0.39, 0.29) is 5.91 Å². The lowest BCUT2D eigenvalue weighted by molar-refractivity contribution is 0.102. The monoisotopic (exact) mass is 492 g/mol. The maximum absolute atomic E-state index is 13.5. The predicted octanol–water partition coefficient (Wildman–Crippen LogP) is 6.23. The molecule has 0 radical (unpaired) electrons. The molecule has 7 heteroatoms. The molecule has 0 aliphatic heterocycles. The third-order valence-electron chi connectivity index (χ3n) is 6.48. The van der Waals surface area contributed by atoms with Crippen LogP contribution in [-0.4, -0.2) is 34.9 Å². The number of carbonyl (C=O) groups is 1. The van der Waals surface area contributed by atoms with Crippen LogP contribution in [0.15, 0.2) is 79.0 Å². The number of para-hydroxylation sites is 1. The normalized spacial score (nSPS) is 10.9. The molecule has 3 aromatic carbocycles. The van der Waals surface area contributed by atoms with Gasteiger partial charge >= 0.3 is 0 Å². The number of methoxy groups -OCH3 is 2. The van der Waals surface area contributed by atoms with Gasteiger partial charge in [0.1, 0.15) is 0 Å². The van der Waals surface area contributed by atoms with E-state index in [2.05, 4.69) is 41.6 Å². The third kappa shape index (κ3) is 4.63. The summed E-state index contributed by atoms with van der Waals surface area (Å²) in [6.45, 7) is 4.15. The highest BCUT2D eigenvalue weighted by Gasteiger charge is 2.18. The first-order valence-corrected chi connectivity index (χ1v) is 12.1. The van der Waals surface area contributed by atoms with Crippen molar-refractivity contribution in [2.24, 2.45) is 0 Å². The van der Waals surface area contributed by atoms with Crippen LogP contribution in [0.4, 0.5) is 5.69 Å². The minimum absolute atomic E-state index is 0.243. The highest BCUT2D eigenvalue weighted by molar-refractivity contribution is 6.13. The summed E-state index contributed by atoms with van der Waals surface area (Å²) in [6.07, 6.45) is 2.79. The van der Waals surface area contributed by atoms with E-state index < -0.39 is 0 Å². The van der Waals surface area contributed by atoms with Gasteiger partial charge in [-0.3, -0.25) is 4.79 Å². The molecule has 0 fully saturated rings. The number of ether oxygens (including phenoxy) is 2. The molecule has 5 aromatic rings. The number of hydrogen-bond acceptors (Lipinski definition) is 5. The lowest BCUT2D eigenvalue weighted by Gasteiger charge is -2.13. The van der Waals surface area contributed by atoms with E-state index in [0.29, 0.717) is 28.4 Å². The Hall–Kier alpha value is -4.65. The van der Waals surface area contributed by atoms with Crippen molar-refractivity contribution >= 4 is 22.5 Å². The molecule has 2 heterocycles. The highest BCUT2D eigenvalue weighted by Crippen LogP contribution is 2.31. The van der Waals surface area contributed by atoms with Gasteiger partial charge in [0.2, 0.25) is 0 Å². The van der Waals surface area contributed by atoms with Gasteiger partial charge in [-0.15, -0.1) is 0 Å². The number of benzene rings is 3. The maximum atomic E-state index is 13.5. The molecule has 2 aromatic heterocycles. The molecule has 0 aliphatic carbocycles. The van der Waals surface area contributed by atoms with Crippen LogP contribution in [0.1, 0.15) is 28.5 Å². The van der Waals surface area contributed by atoms with Crippen molar-refractivity contribution in [2.45, 2.75) is 20.3 Å². The van der Waals surface area contributed by atoms with Crippen LogP contribution in [0, 0.1) is 6.92 Å². The van der Waals surface area contributed by atoms with E-state index in [0.717, 1.165) is 34.3 Å². The summed E-state index contributed by atoms with van der Waals surface area (Å²) in [5, 5.41) is 8.38. The molecule has 0 atom stereocenters. The van der Waals surface area contributed by atoms with Gasteiger partial charge in [0, 0.05) is 22.7 Å². The van der Waals surface area contributed by atoms with Gasteiger partial charge in [0.15, 0.2) is 11.5 Å². The third-order valence-corrected chi connectivity index (χ3v) is 6.48. The van der Waals surface area contributed by atoms with Gasteiger partial charge in [0.25, 0.3) is 5.91 Å². The number of aryl methyl sites for hydroxylation is 1. The topological polar surface area (TPSA) is 78.3 Å². The molecule has 0 saturated heterocycles.